The minimum Gasteiger partial charge on any atom is -0.303 e. The Morgan fingerprint density at radius 1 is 1.21 bits per heavy atom. The molecule has 0 spiro atoms. The molecule has 0 atom stereocenters. The van der Waals surface area contributed by atoms with Crippen molar-refractivity contribution in [2.24, 2.45) is 0 Å². The fraction of sp³-hybridized carbons (Fsp3) is 0.909. The van der Waals surface area contributed by atoms with Crippen LogP contribution in [0.3, 0.4) is 0 Å². The van der Waals surface area contributed by atoms with Gasteiger partial charge in [0.1, 0.15) is 5.78 Å². The molecule has 0 unspecified atom stereocenters. The predicted octanol–water partition coefficient (Wildman–Crippen LogP) is 0.993. The van der Waals surface area contributed by atoms with E-state index in [4.69, 9.17) is 0 Å². The smallest absolute Gasteiger partial charge is 0.135 e. The quantitative estimate of drug-likeness (QED) is 0.658. The number of ketones is 1. The highest BCUT2D eigenvalue weighted by Gasteiger charge is 2.15. The summed E-state index contributed by atoms with van der Waals surface area (Å²) in [6.07, 6.45) is 1.52. The predicted molar refractivity (Wildman–Crippen MR) is 58.5 cm³/mol. The van der Waals surface area contributed by atoms with Crippen LogP contribution >= 0.6 is 0 Å². The summed E-state index contributed by atoms with van der Waals surface area (Å²) in [5.41, 5.74) is 0. The normalized spacial score (nSPS) is 19.2. The van der Waals surface area contributed by atoms with Gasteiger partial charge >= 0.3 is 0 Å². The van der Waals surface area contributed by atoms with Gasteiger partial charge in [-0.15, -0.1) is 0 Å². The molecule has 1 saturated heterocycles. The second-order valence-corrected chi connectivity index (χ2v) is 3.91. The number of likely N-dealkylation sites (N-methyl/N-ethyl adjacent to an activating group) is 1. The third-order valence-electron chi connectivity index (χ3n) is 3.04. The van der Waals surface area contributed by atoms with Gasteiger partial charge in [-0.25, -0.2) is 0 Å². The van der Waals surface area contributed by atoms with Crippen LogP contribution in [0.1, 0.15) is 26.7 Å². The molecule has 1 aliphatic rings. The maximum Gasteiger partial charge on any atom is 0.135 e. The summed E-state index contributed by atoms with van der Waals surface area (Å²) in [5.74, 6) is 0.434. The number of carbonyl (C=O) groups is 1. The van der Waals surface area contributed by atoms with Crippen molar-refractivity contribution in [3.63, 3.8) is 0 Å². The number of Topliss-reactive ketones (excluding diaryl/α,β-unsaturated/α-hetero) is 1. The SMILES string of the molecule is CCN(CC)CCN1CCC(=O)CC1. The molecular weight excluding hydrogens is 176 g/mol. The first-order valence-corrected chi connectivity index (χ1v) is 5.72. The van der Waals surface area contributed by atoms with Gasteiger partial charge in [-0.3, -0.25) is 4.79 Å². The van der Waals surface area contributed by atoms with Crippen molar-refractivity contribution in [2.75, 3.05) is 39.3 Å². The van der Waals surface area contributed by atoms with Gasteiger partial charge in [-0.05, 0) is 13.1 Å². The largest absolute Gasteiger partial charge is 0.303 e. The summed E-state index contributed by atoms with van der Waals surface area (Å²) < 4.78 is 0. The molecule has 14 heavy (non-hydrogen) atoms. The minimum atomic E-state index is 0.434. The average Bonchev–Trinajstić information content (AvgIpc) is 2.22. The van der Waals surface area contributed by atoms with E-state index in [0.29, 0.717) is 5.78 Å². The van der Waals surface area contributed by atoms with Crippen LogP contribution in [-0.4, -0.2) is 54.9 Å². The van der Waals surface area contributed by atoms with Crippen LogP contribution in [0.5, 0.6) is 0 Å². The Bertz CT molecular complexity index is 168. The molecule has 0 aromatic rings. The van der Waals surface area contributed by atoms with Crippen molar-refractivity contribution in [3.8, 4) is 0 Å². The van der Waals surface area contributed by atoms with Crippen LogP contribution in [-0.2, 0) is 4.79 Å². The first-order chi connectivity index (χ1) is 6.76. The van der Waals surface area contributed by atoms with Gasteiger partial charge in [0.15, 0.2) is 0 Å². The number of nitrogens with zero attached hydrogens (tertiary/aromatic N) is 2. The Morgan fingerprint density at radius 2 is 1.79 bits per heavy atom. The molecule has 0 aromatic carbocycles. The summed E-state index contributed by atoms with van der Waals surface area (Å²) in [6, 6.07) is 0. The Hall–Kier alpha value is -0.410. The number of rotatable bonds is 5. The number of hydrogen-bond donors (Lipinski definition) is 0. The highest BCUT2D eigenvalue weighted by Crippen LogP contribution is 2.05. The number of likely N-dealkylation sites (tertiary alicyclic amines) is 1. The van der Waals surface area contributed by atoms with Crippen molar-refractivity contribution >= 4 is 5.78 Å². The van der Waals surface area contributed by atoms with Crippen LogP contribution in [0.15, 0.2) is 0 Å². The fourth-order valence-electron chi connectivity index (χ4n) is 1.85. The van der Waals surface area contributed by atoms with E-state index < -0.39 is 0 Å². The van der Waals surface area contributed by atoms with Gasteiger partial charge in [0.05, 0.1) is 0 Å². The van der Waals surface area contributed by atoms with E-state index in [1.807, 2.05) is 0 Å². The maximum atomic E-state index is 11.0. The van der Waals surface area contributed by atoms with Crippen LogP contribution in [0, 0.1) is 0 Å². The molecule has 3 heteroatoms. The van der Waals surface area contributed by atoms with Gasteiger partial charge < -0.3 is 9.80 Å². The number of hydrogen-bond acceptors (Lipinski definition) is 3. The van der Waals surface area contributed by atoms with Crippen LogP contribution in [0.2, 0.25) is 0 Å². The van der Waals surface area contributed by atoms with Crippen LogP contribution < -0.4 is 0 Å². The Kier molecular flexibility index (Phi) is 5.12. The Balaban J connectivity index is 2.15. The molecule has 82 valence electrons. The minimum absolute atomic E-state index is 0.434. The second-order valence-electron chi connectivity index (χ2n) is 3.91. The monoisotopic (exact) mass is 198 g/mol. The number of carbonyl (C=O) groups excluding carboxylic acids is 1. The summed E-state index contributed by atoms with van der Waals surface area (Å²) in [5, 5.41) is 0. The summed E-state index contributed by atoms with van der Waals surface area (Å²) in [4.78, 5) is 15.9. The van der Waals surface area contributed by atoms with Gasteiger partial charge in [-0.2, -0.15) is 0 Å². The highest BCUT2D eigenvalue weighted by atomic mass is 16.1. The molecule has 0 saturated carbocycles. The van der Waals surface area contributed by atoms with Gasteiger partial charge in [0.25, 0.3) is 0 Å². The molecule has 1 aliphatic heterocycles. The van der Waals surface area contributed by atoms with Crippen molar-refractivity contribution in [1.82, 2.24) is 9.80 Å². The van der Waals surface area contributed by atoms with Crippen molar-refractivity contribution in [2.45, 2.75) is 26.7 Å². The lowest BCUT2D eigenvalue weighted by Gasteiger charge is -2.28. The van der Waals surface area contributed by atoms with E-state index in [-0.39, 0.29) is 0 Å². The average molecular weight is 198 g/mol. The molecule has 1 heterocycles. The molecule has 0 radical (unpaired) electrons. The zero-order valence-corrected chi connectivity index (χ0v) is 9.46. The zero-order valence-electron chi connectivity index (χ0n) is 9.46. The topological polar surface area (TPSA) is 23.6 Å². The molecule has 1 fully saturated rings. The third-order valence-corrected chi connectivity index (χ3v) is 3.04. The van der Waals surface area contributed by atoms with E-state index in [1.54, 1.807) is 0 Å². The van der Waals surface area contributed by atoms with E-state index in [0.717, 1.165) is 52.1 Å². The van der Waals surface area contributed by atoms with Crippen molar-refractivity contribution in [1.29, 1.82) is 0 Å². The standard InChI is InChI=1S/C11H22N2O/c1-3-12(4-2)9-10-13-7-5-11(14)6-8-13/h3-10H2,1-2H3. The molecule has 0 bridgehead atoms. The maximum absolute atomic E-state index is 11.0. The molecule has 3 nitrogen and oxygen atoms in total. The molecule has 0 amide bonds. The first kappa shape index (κ1) is 11.7. The van der Waals surface area contributed by atoms with E-state index in [9.17, 15) is 4.79 Å². The van der Waals surface area contributed by atoms with Gasteiger partial charge in [0.2, 0.25) is 0 Å². The molecule has 1 rings (SSSR count). The molecule has 0 aliphatic carbocycles. The highest BCUT2D eigenvalue weighted by molar-refractivity contribution is 5.79. The lowest BCUT2D eigenvalue weighted by Crippen LogP contribution is -2.39. The molecule has 0 N–H and O–H groups in total. The van der Waals surface area contributed by atoms with Crippen molar-refractivity contribution in [3.05, 3.63) is 0 Å². The molecular formula is C11H22N2O. The van der Waals surface area contributed by atoms with Gasteiger partial charge in [0, 0.05) is 39.0 Å². The van der Waals surface area contributed by atoms with Crippen molar-refractivity contribution < 1.29 is 4.79 Å². The summed E-state index contributed by atoms with van der Waals surface area (Å²) >= 11 is 0. The molecule has 0 aromatic heterocycles. The summed E-state index contributed by atoms with van der Waals surface area (Å²) in [7, 11) is 0. The zero-order chi connectivity index (χ0) is 10.4. The second kappa shape index (κ2) is 6.14. The Morgan fingerprint density at radius 3 is 2.29 bits per heavy atom. The van der Waals surface area contributed by atoms with E-state index >= 15 is 0 Å². The van der Waals surface area contributed by atoms with E-state index in [2.05, 4.69) is 23.6 Å². The third kappa shape index (κ3) is 3.76. The van der Waals surface area contributed by atoms with E-state index in [1.165, 1.54) is 0 Å². The number of piperidine rings is 1. The fourth-order valence-corrected chi connectivity index (χ4v) is 1.85. The van der Waals surface area contributed by atoms with Gasteiger partial charge in [-0.1, -0.05) is 13.8 Å². The Labute approximate surface area is 87.1 Å². The van der Waals surface area contributed by atoms with Crippen LogP contribution in [0.4, 0.5) is 0 Å². The lowest BCUT2D eigenvalue weighted by atomic mass is 10.1. The van der Waals surface area contributed by atoms with Crippen LogP contribution in [0.25, 0.3) is 0 Å². The first-order valence-electron chi connectivity index (χ1n) is 5.72. The summed E-state index contributed by atoms with van der Waals surface area (Å²) in [6.45, 7) is 10.9. The lowest BCUT2D eigenvalue weighted by molar-refractivity contribution is -0.121.